The van der Waals surface area contributed by atoms with Gasteiger partial charge in [-0.2, -0.15) is 23.0 Å². The molecule has 2 heterocycles. The smallest absolute Gasteiger partial charge is 0.376 e. The first-order chi connectivity index (χ1) is 16.6. The van der Waals surface area contributed by atoms with E-state index in [0.717, 1.165) is 53.8 Å². The van der Waals surface area contributed by atoms with Crippen molar-refractivity contribution in [2.45, 2.75) is 31.7 Å². The lowest BCUT2D eigenvalue weighted by molar-refractivity contribution is -0.137. The molecule has 1 amide bonds. The maximum atomic E-state index is 13.3. The average molecular weight is 492 g/mol. The first kappa shape index (κ1) is 24.3. The van der Waals surface area contributed by atoms with Crippen LogP contribution in [0.2, 0.25) is 0 Å². The van der Waals surface area contributed by atoms with Gasteiger partial charge in [-0.1, -0.05) is 12.1 Å². The number of carbonyl (C=O) groups is 1. The van der Waals surface area contributed by atoms with Crippen LogP contribution in [0.3, 0.4) is 0 Å². The summed E-state index contributed by atoms with van der Waals surface area (Å²) in [4.78, 5) is 38.9. The molecule has 1 fully saturated rings. The molecule has 184 valence electrons. The second kappa shape index (κ2) is 9.82. The van der Waals surface area contributed by atoms with Crippen LogP contribution in [0, 0.1) is 5.82 Å². The molecule has 2 aromatic carbocycles. The van der Waals surface area contributed by atoms with Gasteiger partial charge in [0.15, 0.2) is 0 Å². The molecule has 1 N–H and O–H groups in total. The maximum Gasteiger partial charge on any atom is 0.416 e. The number of amides is 1. The number of hydrogen-bond donors (Lipinski definition) is 1. The van der Waals surface area contributed by atoms with Crippen LogP contribution in [0.4, 0.5) is 17.6 Å². The highest BCUT2D eigenvalue weighted by Gasteiger charge is 2.30. The van der Waals surface area contributed by atoms with Gasteiger partial charge in [0.1, 0.15) is 5.82 Å². The molecule has 0 radical (unpaired) electrons. The molecular weight excluding hydrogens is 472 g/mol. The summed E-state index contributed by atoms with van der Waals surface area (Å²) in [5, 5.41) is 6.43. The summed E-state index contributed by atoms with van der Waals surface area (Å²) in [6.45, 7) is 0.368. The Morgan fingerprint density at radius 2 is 1.77 bits per heavy atom. The quantitative estimate of drug-likeness (QED) is 0.534. The highest BCUT2D eigenvalue weighted by Crippen LogP contribution is 2.29. The Morgan fingerprint density at radius 3 is 2.37 bits per heavy atom. The van der Waals surface area contributed by atoms with Gasteiger partial charge in [0.2, 0.25) is 5.69 Å². The lowest BCUT2D eigenvalue weighted by atomic mass is 10.2. The minimum absolute atomic E-state index is 0.0796. The number of hydrogen-bond acceptors (Lipinski definition) is 5. The monoisotopic (exact) mass is 492 g/mol. The molecule has 0 unspecified atom stereocenters. The van der Waals surface area contributed by atoms with Gasteiger partial charge in [-0.3, -0.25) is 14.2 Å². The molecule has 35 heavy (non-hydrogen) atoms. The Morgan fingerprint density at radius 1 is 1.09 bits per heavy atom. The minimum atomic E-state index is -4.59. The predicted octanol–water partition coefficient (Wildman–Crippen LogP) is 2.51. The summed E-state index contributed by atoms with van der Waals surface area (Å²) in [7, 11) is 0. The van der Waals surface area contributed by atoms with Gasteiger partial charge in [0.05, 0.1) is 23.9 Å². The van der Waals surface area contributed by atoms with Crippen LogP contribution in [0.15, 0.2) is 58.1 Å². The number of nitrogens with zero attached hydrogens (tertiary/aromatic N) is 3. The van der Waals surface area contributed by atoms with E-state index in [4.69, 9.17) is 4.74 Å². The number of carbonyl (C=O) groups excluding carboxylic acids is 1. The summed E-state index contributed by atoms with van der Waals surface area (Å²) in [6, 6.07) is 8.56. The van der Waals surface area contributed by atoms with E-state index in [2.05, 4.69) is 10.4 Å². The van der Waals surface area contributed by atoms with Gasteiger partial charge in [0, 0.05) is 13.2 Å². The molecule has 1 aliphatic rings. The van der Waals surface area contributed by atoms with Crippen molar-refractivity contribution in [1.29, 1.82) is 0 Å². The lowest BCUT2D eigenvalue weighted by Crippen LogP contribution is -2.46. The van der Waals surface area contributed by atoms with Crippen LogP contribution in [0.1, 0.15) is 34.5 Å². The summed E-state index contributed by atoms with van der Waals surface area (Å²) in [5.41, 5.74) is -3.22. The molecule has 0 aliphatic carbocycles. The topological polar surface area (TPSA) is 95.2 Å². The predicted molar refractivity (Wildman–Crippen MR) is 116 cm³/mol. The van der Waals surface area contributed by atoms with Crippen LogP contribution < -0.4 is 16.6 Å². The zero-order valence-corrected chi connectivity index (χ0v) is 18.2. The standard InChI is InChI=1S/C23H20F4N4O4/c24-16-7-3-14(4-8-16)13-30-21(33)19(20(32)28-12-18-2-1-11-35-18)29-31(22(30)34)17-9-5-15(6-10-17)23(25,26)27/h3-10,18H,1-2,11-13H2,(H,28,32)/t18-/m0/s1. The molecule has 8 nitrogen and oxygen atoms in total. The van der Waals surface area contributed by atoms with Gasteiger partial charge >= 0.3 is 11.9 Å². The number of benzene rings is 2. The van der Waals surface area contributed by atoms with Crippen molar-refractivity contribution in [3.63, 3.8) is 0 Å². The second-order valence-electron chi connectivity index (χ2n) is 7.95. The highest BCUT2D eigenvalue weighted by molar-refractivity contribution is 5.91. The van der Waals surface area contributed by atoms with Gasteiger partial charge < -0.3 is 10.1 Å². The van der Waals surface area contributed by atoms with Crippen molar-refractivity contribution in [3.8, 4) is 5.69 Å². The van der Waals surface area contributed by atoms with Crippen molar-refractivity contribution in [2.75, 3.05) is 13.2 Å². The van der Waals surface area contributed by atoms with Gasteiger partial charge in [-0.05, 0) is 54.8 Å². The van der Waals surface area contributed by atoms with Crippen LogP contribution in [0.5, 0.6) is 0 Å². The Balaban J connectivity index is 1.76. The first-order valence-corrected chi connectivity index (χ1v) is 10.7. The van der Waals surface area contributed by atoms with E-state index < -0.39 is 40.4 Å². The number of alkyl halides is 3. The van der Waals surface area contributed by atoms with Gasteiger partial charge in [-0.15, -0.1) is 0 Å². The Kier molecular flexibility index (Phi) is 6.83. The van der Waals surface area contributed by atoms with Gasteiger partial charge in [0.25, 0.3) is 11.5 Å². The van der Waals surface area contributed by atoms with Gasteiger partial charge in [-0.25, -0.2) is 9.18 Å². The van der Waals surface area contributed by atoms with E-state index in [9.17, 15) is 31.9 Å². The fraction of sp³-hybridized carbons (Fsp3) is 0.304. The first-order valence-electron chi connectivity index (χ1n) is 10.7. The molecule has 4 rings (SSSR count). The molecule has 1 saturated heterocycles. The van der Waals surface area contributed by atoms with Crippen LogP contribution in [0.25, 0.3) is 5.69 Å². The average Bonchev–Trinajstić information content (AvgIpc) is 3.35. The number of halogens is 4. The maximum absolute atomic E-state index is 13.3. The second-order valence-corrected chi connectivity index (χ2v) is 7.95. The number of ether oxygens (including phenoxy) is 1. The fourth-order valence-electron chi connectivity index (χ4n) is 3.62. The van der Waals surface area contributed by atoms with Crippen molar-refractivity contribution in [1.82, 2.24) is 19.7 Å². The molecule has 0 bridgehead atoms. The molecular formula is C23H20F4N4O4. The molecule has 1 aliphatic heterocycles. The molecule has 0 saturated carbocycles. The van der Waals surface area contributed by atoms with E-state index in [1.54, 1.807) is 0 Å². The van der Waals surface area contributed by atoms with Crippen molar-refractivity contribution < 1.29 is 27.1 Å². The number of aromatic nitrogens is 3. The molecule has 12 heteroatoms. The van der Waals surface area contributed by atoms with E-state index >= 15 is 0 Å². The molecule has 3 aromatic rings. The third kappa shape index (κ3) is 5.48. The fourth-order valence-corrected chi connectivity index (χ4v) is 3.62. The Hall–Kier alpha value is -3.80. The van der Waals surface area contributed by atoms with Crippen LogP contribution in [-0.4, -0.2) is 39.5 Å². The van der Waals surface area contributed by atoms with Crippen LogP contribution >= 0.6 is 0 Å². The third-order valence-corrected chi connectivity index (χ3v) is 5.48. The molecule has 1 aromatic heterocycles. The molecule has 0 spiro atoms. The van der Waals surface area contributed by atoms with E-state index in [1.165, 1.54) is 12.1 Å². The van der Waals surface area contributed by atoms with E-state index in [-0.39, 0.29) is 24.9 Å². The zero-order chi connectivity index (χ0) is 25.2. The zero-order valence-electron chi connectivity index (χ0n) is 18.2. The Labute approximate surface area is 195 Å². The summed E-state index contributed by atoms with van der Waals surface area (Å²) in [6.07, 6.45) is -3.25. The van der Waals surface area contributed by atoms with Crippen LogP contribution in [-0.2, 0) is 17.5 Å². The SMILES string of the molecule is O=C(NC[C@@H]1CCCO1)c1nn(-c2ccc(C(F)(F)F)cc2)c(=O)n(Cc2ccc(F)cc2)c1=O. The highest BCUT2D eigenvalue weighted by atomic mass is 19.4. The summed E-state index contributed by atoms with van der Waals surface area (Å²) < 4.78 is 59.0. The lowest BCUT2D eigenvalue weighted by Gasteiger charge is -2.14. The third-order valence-electron chi connectivity index (χ3n) is 5.48. The van der Waals surface area contributed by atoms with Crippen molar-refractivity contribution in [2.24, 2.45) is 0 Å². The minimum Gasteiger partial charge on any atom is -0.376 e. The summed E-state index contributed by atoms with van der Waals surface area (Å²) in [5.74, 6) is -1.38. The molecule has 1 atom stereocenters. The Bertz CT molecular complexity index is 1330. The largest absolute Gasteiger partial charge is 0.416 e. The normalized spacial score (nSPS) is 15.8. The van der Waals surface area contributed by atoms with Crippen molar-refractivity contribution >= 4 is 5.91 Å². The number of rotatable bonds is 6. The van der Waals surface area contributed by atoms with E-state index in [0.29, 0.717) is 16.9 Å². The number of nitrogens with one attached hydrogen (secondary N) is 1. The summed E-state index contributed by atoms with van der Waals surface area (Å²) >= 11 is 0. The van der Waals surface area contributed by atoms with E-state index in [1.807, 2.05) is 0 Å². The van der Waals surface area contributed by atoms with Crippen molar-refractivity contribution in [3.05, 3.63) is 92.0 Å².